The molecule has 11 nitrogen and oxygen atoms in total. The van der Waals surface area contributed by atoms with Crippen molar-refractivity contribution in [3.05, 3.63) is 93.1 Å². The summed E-state index contributed by atoms with van der Waals surface area (Å²) in [6, 6.07) is 12.9. The zero-order valence-corrected chi connectivity index (χ0v) is 23.1. The molecule has 0 unspecified atom stereocenters. The van der Waals surface area contributed by atoms with Crippen LogP contribution in [0.1, 0.15) is 37.4 Å². The second kappa shape index (κ2) is 12.7. The molecule has 2 amide bonds. The minimum Gasteiger partial charge on any atom is -0.464 e. The fourth-order valence-corrected chi connectivity index (χ4v) is 4.24. The second-order valence-electron chi connectivity index (χ2n) is 8.96. The molecule has 15 heteroatoms. The number of carbonyl (C=O) groups excluding carboxylic acids is 4. The molecule has 1 aromatic heterocycles. The number of methoxy groups -OCH3 is 1. The van der Waals surface area contributed by atoms with E-state index in [-0.39, 0.29) is 34.1 Å². The maximum atomic E-state index is 13.2. The summed E-state index contributed by atoms with van der Waals surface area (Å²) in [7, 11) is 1.15. The van der Waals surface area contributed by atoms with Crippen LogP contribution in [0.5, 0.6) is 5.75 Å². The number of rotatable bonds is 8. The first-order valence-corrected chi connectivity index (χ1v) is 12.6. The summed E-state index contributed by atoms with van der Waals surface area (Å²) in [4.78, 5) is 49.4. The van der Waals surface area contributed by atoms with Crippen molar-refractivity contribution in [1.29, 1.82) is 0 Å². The first kappa shape index (κ1) is 30.7. The fourth-order valence-electron chi connectivity index (χ4n) is 3.89. The monoisotopic (exact) mass is 615 g/mol. The fraction of sp³-hybridized carbons (Fsp3) is 0.143. The van der Waals surface area contributed by atoms with Crippen LogP contribution in [0.15, 0.2) is 60.3 Å². The number of halogens is 4. The molecular weight excluding hydrogens is 595 g/mol. The molecule has 0 aliphatic rings. The number of aromatic amines is 1. The number of aryl methyl sites for hydroxylation is 1. The van der Waals surface area contributed by atoms with Crippen molar-refractivity contribution < 1.29 is 41.8 Å². The number of amides is 2. The van der Waals surface area contributed by atoms with Crippen LogP contribution < -0.4 is 15.4 Å². The third kappa shape index (κ3) is 7.54. The van der Waals surface area contributed by atoms with Gasteiger partial charge in [-0.2, -0.15) is 13.2 Å². The highest BCUT2D eigenvalue weighted by Gasteiger charge is 2.41. The molecule has 3 N–H and O–H groups in total. The van der Waals surface area contributed by atoms with Gasteiger partial charge < -0.3 is 20.1 Å². The van der Waals surface area contributed by atoms with Crippen LogP contribution in [-0.2, 0) is 20.9 Å². The number of hydrogen-bond acceptors (Lipinski definition) is 8. The van der Waals surface area contributed by atoms with Crippen molar-refractivity contribution in [3.63, 3.8) is 0 Å². The molecule has 0 aliphatic carbocycles. The topological polar surface area (TPSA) is 152 Å². The van der Waals surface area contributed by atoms with Crippen molar-refractivity contribution in [2.75, 3.05) is 7.11 Å². The van der Waals surface area contributed by atoms with Gasteiger partial charge in [0.05, 0.1) is 23.2 Å². The molecule has 222 valence electrons. The predicted octanol–water partition coefficient (Wildman–Crippen LogP) is 4.26. The number of aromatic nitrogens is 3. The third-order valence-corrected chi connectivity index (χ3v) is 6.18. The quantitative estimate of drug-likeness (QED) is 0.151. The number of esters is 2. The van der Waals surface area contributed by atoms with E-state index in [0.29, 0.717) is 27.7 Å². The Bertz CT molecular complexity index is 1750. The van der Waals surface area contributed by atoms with Crippen molar-refractivity contribution in [1.82, 2.24) is 26.0 Å². The molecule has 43 heavy (non-hydrogen) atoms. The van der Waals surface area contributed by atoms with Gasteiger partial charge in [0.15, 0.2) is 0 Å². The van der Waals surface area contributed by atoms with E-state index in [0.717, 1.165) is 13.2 Å². The summed E-state index contributed by atoms with van der Waals surface area (Å²) in [5.74, 6) is -4.88. The van der Waals surface area contributed by atoms with Gasteiger partial charge in [0.25, 0.3) is 11.8 Å². The Labute approximate surface area is 246 Å². The van der Waals surface area contributed by atoms with Gasteiger partial charge in [-0.15, -0.1) is 5.10 Å². The number of hydrogen-bond donors (Lipinski definition) is 3. The number of ether oxygens (including phenoxy) is 2. The third-order valence-electron chi connectivity index (χ3n) is 5.88. The lowest BCUT2D eigenvalue weighted by Crippen LogP contribution is -2.29. The number of nitrogens with zero attached hydrogens (tertiary/aromatic N) is 2. The summed E-state index contributed by atoms with van der Waals surface area (Å²) >= 11 is 6.37. The number of benzene rings is 3. The molecular formula is C28H21ClF3N5O6. The summed E-state index contributed by atoms with van der Waals surface area (Å²) in [5, 5.41) is 15.3. The maximum absolute atomic E-state index is 13.2. The Hall–Kier alpha value is -5.24. The van der Waals surface area contributed by atoms with Crippen LogP contribution in [0.25, 0.3) is 17.1 Å². The molecule has 0 bridgehead atoms. The van der Waals surface area contributed by atoms with E-state index in [9.17, 15) is 32.3 Å². The second-order valence-corrected chi connectivity index (χ2v) is 9.37. The van der Waals surface area contributed by atoms with Crippen molar-refractivity contribution in [2.24, 2.45) is 0 Å². The zero-order chi connectivity index (χ0) is 31.3. The molecule has 1 heterocycles. The van der Waals surface area contributed by atoms with E-state index in [1.54, 1.807) is 18.2 Å². The molecule has 0 aliphatic heterocycles. The average Bonchev–Trinajstić information content (AvgIpc) is 3.42. The standard InChI is InChI=1S/C28H21ClF3N5O6/c1-14-8-17(24(38)33-13-16-4-3-5-18(9-16)43-27(41)28(30,31)32)12-19(29)23(14)25(39)34-22(26(40)42-2)11-15-6-7-20-21(10-15)36-37-35-20/h3-12H,13H2,1-2H3,(H,33,38)(H,34,39)(H,35,36,37)/b22-11-. The Kier molecular flexibility index (Phi) is 9.09. The highest BCUT2D eigenvalue weighted by atomic mass is 35.5. The van der Waals surface area contributed by atoms with Gasteiger partial charge in [-0.1, -0.05) is 35.0 Å². The maximum Gasteiger partial charge on any atom is 0.491 e. The molecule has 0 spiro atoms. The molecule has 4 aromatic rings. The van der Waals surface area contributed by atoms with E-state index in [4.69, 9.17) is 16.3 Å². The number of fused-ring (bicyclic) bond motifs is 1. The number of nitrogens with one attached hydrogen (secondary N) is 3. The molecule has 3 aromatic carbocycles. The molecule has 4 rings (SSSR count). The van der Waals surface area contributed by atoms with Gasteiger partial charge in [-0.3, -0.25) is 14.7 Å². The van der Waals surface area contributed by atoms with Gasteiger partial charge >= 0.3 is 18.1 Å². The van der Waals surface area contributed by atoms with Crippen molar-refractivity contribution >= 4 is 52.5 Å². The number of carbonyl (C=O) groups is 4. The van der Waals surface area contributed by atoms with E-state index >= 15 is 0 Å². The van der Waals surface area contributed by atoms with Crippen LogP contribution in [0, 0.1) is 6.92 Å². The van der Waals surface area contributed by atoms with E-state index in [1.165, 1.54) is 43.3 Å². The van der Waals surface area contributed by atoms with Crippen LogP contribution in [-0.4, -0.2) is 52.4 Å². The summed E-state index contributed by atoms with van der Waals surface area (Å²) in [5.41, 5.74) is 2.30. The minimum atomic E-state index is -5.16. The van der Waals surface area contributed by atoms with Gasteiger partial charge in [-0.25, -0.2) is 9.59 Å². The SMILES string of the molecule is COC(=O)/C(=C/c1ccc2[nH]nnc2c1)NC(=O)c1c(C)cc(C(=O)NCc2cccc(OC(=O)C(F)(F)F)c2)cc1Cl. The Morgan fingerprint density at radius 2 is 1.81 bits per heavy atom. The molecule has 0 atom stereocenters. The Morgan fingerprint density at radius 3 is 2.51 bits per heavy atom. The highest BCUT2D eigenvalue weighted by Crippen LogP contribution is 2.24. The largest absolute Gasteiger partial charge is 0.491 e. The highest BCUT2D eigenvalue weighted by molar-refractivity contribution is 6.34. The lowest BCUT2D eigenvalue weighted by Gasteiger charge is -2.13. The first-order chi connectivity index (χ1) is 20.3. The minimum absolute atomic E-state index is 0.000783. The van der Waals surface area contributed by atoms with Crippen molar-refractivity contribution in [3.8, 4) is 5.75 Å². The van der Waals surface area contributed by atoms with E-state index in [1.807, 2.05) is 0 Å². The Balaban J connectivity index is 1.47. The van der Waals surface area contributed by atoms with Crippen molar-refractivity contribution in [2.45, 2.75) is 19.6 Å². The van der Waals surface area contributed by atoms with Crippen LogP contribution in [0.4, 0.5) is 13.2 Å². The molecule has 0 fully saturated rings. The van der Waals surface area contributed by atoms with Crippen LogP contribution >= 0.6 is 11.6 Å². The molecule has 0 radical (unpaired) electrons. The molecule has 0 saturated heterocycles. The average molecular weight is 616 g/mol. The van der Waals surface area contributed by atoms with Gasteiger partial charge in [0, 0.05) is 12.1 Å². The van der Waals surface area contributed by atoms with E-state index < -0.39 is 29.9 Å². The van der Waals surface area contributed by atoms with Crippen LogP contribution in [0.2, 0.25) is 5.02 Å². The van der Waals surface area contributed by atoms with Gasteiger partial charge in [0.1, 0.15) is 17.0 Å². The summed E-state index contributed by atoms with van der Waals surface area (Å²) in [6.07, 6.45) is -3.77. The molecule has 0 saturated carbocycles. The van der Waals surface area contributed by atoms with E-state index in [2.05, 4.69) is 30.8 Å². The summed E-state index contributed by atoms with van der Waals surface area (Å²) < 4.78 is 46.5. The predicted molar refractivity (Wildman–Crippen MR) is 147 cm³/mol. The summed E-state index contributed by atoms with van der Waals surface area (Å²) in [6.45, 7) is 1.42. The first-order valence-electron chi connectivity index (χ1n) is 12.2. The normalized spacial score (nSPS) is 11.6. The van der Waals surface area contributed by atoms with Gasteiger partial charge in [0.2, 0.25) is 0 Å². The zero-order valence-electron chi connectivity index (χ0n) is 22.3. The smallest absolute Gasteiger partial charge is 0.464 e. The number of alkyl halides is 3. The lowest BCUT2D eigenvalue weighted by molar-refractivity contribution is -0.189. The lowest BCUT2D eigenvalue weighted by atomic mass is 10.0. The number of H-pyrrole nitrogens is 1. The van der Waals surface area contributed by atoms with Crippen LogP contribution in [0.3, 0.4) is 0 Å². The van der Waals surface area contributed by atoms with Gasteiger partial charge in [-0.05, 0) is 66.1 Å². The Morgan fingerprint density at radius 1 is 1.05 bits per heavy atom.